The zero-order valence-corrected chi connectivity index (χ0v) is 20.4. The summed E-state index contributed by atoms with van der Waals surface area (Å²) in [5.41, 5.74) is 1.71. The number of ether oxygens (including phenoxy) is 2. The van der Waals surface area contributed by atoms with Gasteiger partial charge in [-0.15, -0.1) is 5.10 Å². The summed E-state index contributed by atoms with van der Waals surface area (Å²) >= 11 is 0. The van der Waals surface area contributed by atoms with E-state index in [1.54, 1.807) is 55.3 Å². The number of halogens is 1. The first-order valence-corrected chi connectivity index (χ1v) is 12.0. The smallest absolute Gasteiger partial charge is 0.305 e. The SMILES string of the molecule is COc1cccc(OC)c1-c1cc(N(C=O)[C@H](CC(=O)O)C2CCCCC2)nn1-c1ccc(F)cc1. The number of nitrogens with zero attached hydrogens (tertiary/aromatic N) is 3. The van der Waals surface area contributed by atoms with E-state index in [0.29, 0.717) is 40.7 Å². The Hall–Kier alpha value is -3.88. The van der Waals surface area contributed by atoms with E-state index in [-0.39, 0.29) is 12.3 Å². The van der Waals surface area contributed by atoms with Crippen molar-refractivity contribution in [1.29, 1.82) is 0 Å². The van der Waals surface area contributed by atoms with Gasteiger partial charge < -0.3 is 14.6 Å². The molecule has 0 spiro atoms. The van der Waals surface area contributed by atoms with Crippen molar-refractivity contribution in [2.24, 2.45) is 5.92 Å². The monoisotopic (exact) mass is 495 g/mol. The number of hydrogen-bond acceptors (Lipinski definition) is 5. The molecule has 8 nitrogen and oxygen atoms in total. The average Bonchev–Trinajstić information content (AvgIpc) is 3.33. The number of hydrogen-bond donors (Lipinski definition) is 1. The number of aliphatic carboxylic acids is 1. The van der Waals surface area contributed by atoms with Crippen LogP contribution in [0.1, 0.15) is 38.5 Å². The van der Waals surface area contributed by atoms with Gasteiger partial charge >= 0.3 is 5.97 Å². The molecule has 36 heavy (non-hydrogen) atoms. The van der Waals surface area contributed by atoms with Gasteiger partial charge in [0.15, 0.2) is 5.82 Å². The molecule has 1 aliphatic rings. The standard InChI is InChI=1S/C27H30FN3O5/c1-35-23-9-6-10-24(36-2)27(23)22-15-25(29-31(22)20-13-11-19(28)12-14-20)30(17-32)21(16-26(33)34)18-7-4-3-5-8-18/h6,9-15,17-18,21H,3-5,7-8,16H2,1-2H3,(H,33,34)/t21-/m1/s1. The molecule has 2 aromatic carbocycles. The molecule has 1 fully saturated rings. The molecule has 1 aliphatic carbocycles. The third kappa shape index (κ3) is 5.19. The first kappa shape index (κ1) is 25.2. The number of amides is 1. The maximum atomic E-state index is 13.7. The van der Waals surface area contributed by atoms with Crippen molar-refractivity contribution in [1.82, 2.24) is 9.78 Å². The number of anilines is 1. The van der Waals surface area contributed by atoms with Gasteiger partial charge in [0.05, 0.1) is 43.6 Å². The number of methoxy groups -OCH3 is 2. The normalized spacial score (nSPS) is 14.8. The topological polar surface area (TPSA) is 93.9 Å². The molecule has 0 unspecified atom stereocenters. The lowest BCUT2D eigenvalue weighted by molar-refractivity contribution is -0.137. The van der Waals surface area contributed by atoms with Crippen molar-refractivity contribution in [2.75, 3.05) is 19.1 Å². The average molecular weight is 496 g/mol. The zero-order valence-electron chi connectivity index (χ0n) is 20.4. The van der Waals surface area contributed by atoms with Crippen molar-refractivity contribution in [3.63, 3.8) is 0 Å². The van der Waals surface area contributed by atoms with Crippen molar-refractivity contribution in [3.8, 4) is 28.4 Å². The van der Waals surface area contributed by atoms with E-state index in [9.17, 15) is 19.1 Å². The second kappa shape index (κ2) is 11.2. The molecule has 0 aliphatic heterocycles. The highest BCUT2D eigenvalue weighted by molar-refractivity contribution is 5.82. The van der Waals surface area contributed by atoms with E-state index in [1.807, 2.05) is 0 Å². The fraction of sp³-hybridized carbons (Fsp3) is 0.370. The second-order valence-electron chi connectivity index (χ2n) is 8.89. The Morgan fingerprint density at radius 3 is 2.33 bits per heavy atom. The van der Waals surface area contributed by atoms with E-state index >= 15 is 0 Å². The molecule has 3 aromatic rings. The molecule has 0 bridgehead atoms. The first-order valence-electron chi connectivity index (χ1n) is 12.0. The molecule has 1 saturated carbocycles. The summed E-state index contributed by atoms with van der Waals surface area (Å²) < 4.78 is 26.5. The van der Waals surface area contributed by atoms with Gasteiger partial charge in [0.2, 0.25) is 6.41 Å². The van der Waals surface area contributed by atoms with Crippen LogP contribution in [0.25, 0.3) is 16.9 Å². The number of carboxylic acid groups (broad SMARTS) is 1. The molecule has 1 heterocycles. The molecule has 190 valence electrons. The highest BCUT2D eigenvalue weighted by Crippen LogP contribution is 2.41. The largest absolute Gasteiger partial charge is 0.496 e. The summed E-state index contributed by atoms with van der Waals surface area (Å²) in [6, 6.07) is 12.4. The van der Waals surface area contributed by atoms with Crippen molar-refractivity contribution in [2.45, 2.75) is 44.6 Å². The number of benzene rings is 2. The van der Waals surface area contributed by atoms with Gasteiger partial charge in [-0.1, -0.05) is 25.3 Å². The van der Waals surface area contributed by atoms with E-state index < -0.39 is 17.8 Å². The number of aromatic nitrogens is 2. The lowest BCUT2D eigenvalue weighted by Gasteiger charge is -2.34. The third-order valence-corrected chi connectivity index (χ3v) is 6.76. The molecule has 0 radical (unpaired) electrons. The van der Waals surface area contributed by atoms with Crippen LogP contribution in [-0.4, -0.2) is 47.5 Å². The van der Waals surface area contributed by atoms with Crippen LogP contribution in [0.5, 0.6) is 11.5 Å². The van der Waals surface area contributed by atoms with Crippen molar-refractivity contribution >= 4 is 18.2 Å². The van der Waals surface area contributed by atoms with Gasteiger partial charge in [0.25, 0.3) is 0 Å². The predicted octanol–water partition coefficient (Wildman–Crippen LogP) is 5.08. The summed E-state index contributed by atoms with van der Waals surface area (Å²) in [6.45, 7) is 0. The van der Waals surface area contributed by atoms with Crippen molar-refractivity contribution in [3.05, 3.63) is 54.3 Å². The van der Waals surface area contributed by atoms with E-state index in [0.717, 1.165) is 32.1 Å². The van der Waals surface area contributed by atoms with Crippen LogP contribution in [0.15, 0.2) is 48.5 Å². The van der Waals surface area contributed by atoms with Gasteiger partial charge in [-0.25, -0.2) is 9.07 Å². The molecular weight excluding hydrogens is 465 g/mol. The van der Waals surface area contributed by atoms with Gasteiger partial charge in [-0.2, -0.15) is 0 Å². The lowest BCUT2D eigenvalue weighted by Crippen LogP contribution is -2.42. The van der Waals surface area contributed by atoms with Crippen LogP contribution in [0.2, 0.25) is 0 Å². The van der Waals surface area contributed by atoms with Crippen LogP contribution in [0.4, 0.5) is 10.2 Å². The maximum Gasteiger partial charge on any atom is 0.305 e. The van der Waals surface area contributed by atoms with Gasteiger partial charge in [-0.3, -0.25) is 14.5 Å². The van der Waals surface area contributed by atoms with Crippen LogP contribution >= 0.6 is 0 Å². The lowest BCUT2D eigenvalue weighted by atomic mass is 9.82. The molecule has 4 rings (SSSR count). The Morgan fingerprint density at radius 2 is 1.78 bits per heavy atom. The minimum absolute atomic E-state index is 0.0558. The summed E-state index contributed by atoms with van der Waals surface area (Å²) in [5.74, 6) is 0.0413. The predicted molar refractivity (Wildman–Crippen MR) is 133 cm³/mol. The fourth-order valence-corrected chi connectivity index (χ4v) is 5.05. The van der Waals surface area contributed by atoms with Gasteiger partial charge in [-0.05, 0) is 55.2 Å². The fourth-order valence-electron chi connectivity index (χ4n) is 5.05. The van der Waals surface area contributed by atoms with Crippen LogP contribution < -0.4 is 14.4 Å². The maximum absolute atomic E-state index is 13.7. The highest BCUT2D eigenvalue weighted by atomic mass is 19.1. The number of rotatable bonds is 10. The van der Waals surface area contributed by atoms with Gasteiger partial charge in [0.1, 0.15) is 17.3 Å². The first-order chi connectivity index (χ1) is 17.5. The minimum atomic E-state index is -0.970. The quantitative estimate of drug-likeness (QED) is 0.394. The Bertz CT molecular complexity index is 1180. The third-order valence-electron chi connectivity index (χ3n) is 6.76. The second-order valence-corrected chi connectivity index (χ2v) is 8.89. The molecule has 1 atom stereocenters. The Balaban J connectivity index is 1.89. The molecule has 1 aromatic heterocycles. The zero-order chi connectivity index (χ0) is 25.7. The van der Waals surface area contributed by atoms with E-state index in [1.165, 1.54) is 17.0 Å². The van der Waals surface area contributed by atoms with E-state index in [2.05, 4.69) is 0 Å². The molecular formula is C27H30FN3O5. The summed E-state index contributed by atoms with van der Waals surface area (Å²) in [6.07, 6.45) is 5.29. The van der Waals surface area contributed by atoms with Crippen LogP contribution in [0.3, 0.4) is 0 Å². The number of carbonyl (C=O) groups excluding carboxylic acids is 1. The summed E-state index contributed by atoms with van der Waals surface area (Å²) in [7, 11) is 3.09. The van der Waals surface area contributed by atoms with Crippen molar-refractivity contribution < 1.29 is 28.6 Å². The Morgan fingerprint density at radius 1 is 1.14 bits per heavy atom. The minimum Gasteiger partial charge on any atom is -0.496 e. The van der Waals surface area contributed by atoms with Crippen LogP contribution in [0, 0.1) is 11.7 Å². The number of carbonyl (C=O) groups is 2. The molecule has 9 heteroatoms. The Labute approximate surface area is 209 Å². The van der Waals surface area contributed by atoms with Gasteiger partial charge in [0, 0.05) is 6.07 Å². The molecule has 1 N–H and O–H groups in total. The number of carboxylic acids is 1. The van der Waals surface area contributed by atoms with Crippen LogP contribution in [-0.2, 0) is 9.59 Å². The molecule has 1 amide bonds. The van der Waals surface area contributed by atoms with E-state index in [4.69, 9.17) is 14.6 Å². The Kier molecular flexibility index (Phi) is 7.87. The highest BCUT2D eigenvalue weighted by Gasteiger charge is 2.33. The molecule has 0 saturated heterocycles. The summed E-state index contributed by atoms with van der Waals surface area (Å²) in [5, 5.41) is 14.4. The summed E-state index contributed by atoms with van der Waals surface area (Å²) in [4.78, 5) is 25.6.